The minimum atomic E-state index is -3.72. The summed E-state index contributed by atoms with van der Waals surface area (Å²) < 4.78 is 27.1. The Labute approximate surface area is 187 Å². The van der Waals surface area contributed by atoms with Crippen LogP contribution in [0.15, 0.2) is 47.4 Å². The summed E-state index contributed by atoms with van der Waals surface area (Å²) in [6.07, 6.45) is 0. The zero-order chi connectivity index (χ0) is 23.5. The van der Waals surface area contributed by atoms with Crippen LogP contribution in [0.2, 0.25) is 0 Å². The maximum absolute atomic E-state index is 12.9. The van der Waals surface area contributed by atoms with Gasteiger partial charge in [-0.05, 0) is 48.9 Å². The molecule has 3 amide bonds. The van der Waals surface area contributed by atoms with Crippen LogP contribution in [0.5, 0.6) is 0 Å². The van der Waals surface area contributed by atoms with Crippen molar-refractivity contribution in [2.75, 3.05) is 36.8 Å². The second-order valence-electron chi connectivity index (χ2n) is 7.62. The largest absolute Gasteiger partial charge is 0.340 e. The Balaban J connectivity index is 1.73. The fourth-order valence-corrected chi connectivity index (χ4v) is 4.85. The highest BCUT2D eigenvalue weighted by molar-refractivity contribution is 7.89. The summed E-state index contributed by atoms with van der Waals surface area (Å²) in [6, 6.07) is 10.9. The lowest BCUT2D eigenvalue weighted by molar-refractivity contribution is -0.130. The lowest BCUT2D eigenvalue weighted by Gasteiger charge is -2.33. The second kappa shape index (κ2) is 9.49. The second-order valence-corrected chi connectivity index (χ2v) is 9.56. The minimum Gasteiger partial charge on any atom is -0.340 e. The van der Waals surface area contributed by atoms with Crippen molar-refractivity contribution in [1.29, 1.82) is 0 Å². The molecule has 2 aromatic carbocycles. The highest BCUT2D eigenvalue weighted by Gasteiger charge is 2.29. The predicted octanol–water partition coefficient (Wildman–Crippen LogP) is 2.06. The number of benzene rings is 2. The van der Waals surface area contributed by atoms with Crippen molar-refractivity contribution in [1.82, 2.24) is 9.21 Å². The van der Waals surface area contributed by atoms with E-state index in [-0.39, 0.29) is 35.4 Å². The molecule has 0 bridgehead atoms. The Morgan fingerprint density at radius 2 is 1.47 bits per heavy atom. The number of hydrogen-bond donors (Lipinski definition) is 2. The van der Waals surface area contributed by atoms with Gasteiger partial charge >= 0.3 is 0 Å². The molecule has 0 unspecified atom stereocenters. The first-order valence-electron chi connectivity index (χ1n) is 10.1. The van der Waals surface area contributed by atoms with Crippen LogP contribution in [0.4, 0.5) is 11.4 Å². The van der Waals surface area contributed by atoms with Crippen molar-refractivity contribution in [3.63, 3.8) is 0 Å². The molecule has 1 aliphatic heterocycles. The molecule has 1 heterocycles. The van der Waals surface area contributed by atoms with E-state index in [0.29, 0.717) is 24.5 Å². The molecule has 9 nitrogen and oxygen atoms in total. The number of aryl methyl sites for hydroxylation is 1. The highest BCUT2D eigenvalue weighted by Crippen LogP contribution is 2.24. The molecule has 0 atom stereocenters. The SMILES string of the molecule is CC(=O)Nc1ccc(C)cc1NC(=O)c1ccc(S(=O)(=O)N2CCN(C(C)=O)CC2)cc1. The van der Waals surface area contributed by atoms with Crippen LogP contribution in [0, 0.1) is 6.92 Å². The lowest BCUT2D eigenvalue weighted by Crippen LogP contribution is -2.49. The van der Waals surface area contributed by atoms with E-state index in [0.717, 1.165) is 5.56 Å². The van der Waals surface area contributed by atoms with Gasteiger partial charge in [-0.2, -0.15) is 4.31 Å². The number of nitrogens with zero attached hydrogens (tertiary/aromatic N) is 2. The van der Waals surface area contributed by atoms with E-state index >= 15 is 0 Å². The molecule has 10 heteroatoms. The van der Waals surface area contributed by atoms with E-state index in [4.69, 9.17) is 0 Å². The van der Waals surface area contributed by atoms with Gasteiger partial charge in [0.05, 0.1) is 16.3 Å². The molecule has 0 radical (unpaired) electrons. The Morgan fingerprint density at radius 1 is 0.844 bits per heavy atom. The van der Waals surface area contributed by atoms with Gasteiger partial charge in [0.25, 0.3) is 5.91 Å². The van der Waals surface area contributed by atoms with E-state index in [1.807, 2.05) is 13.0 Å². The van der Waals surface area contributed by atoms with Crippen LogP contribution in [0.3, 0.4) is 0 Å². The van der Waals surface area contributed by atoms with Crippen LogP contribution in [-0.2, 0) is 19.6 Å². The van der Waals surface area contributed by atoms with E-state index in [2.05, 4.69) is 10.6 Å². The summed E-state index contributed by atoms with van der Waals surface area (Å²) in [6.45, 7) is 5.86. The van der Waals surface area contributed by atoms with Crippen molar-refractivity contribution < 1.29 is 22.8 Å². The lowest BCUT2D eigenvalue weighted by atomic mass is 10.1. The number of carbonyl (C=O) groups is 3. The molecule has 1 saturated heterocycles. The average molecular weight is 459 g/mol. The van der Waals surface area contributed by atoms with Gasteiger partial charge in [0, 0.05) is 45.6 Å². The van der Waals surface area contributed by atoms with Gasteiger partial charge in [0.15, 0.2) is 0 Å². The fraction of sp³-hybridized carbons (Fsp3) is 0.318. The summed E-state index contributed by atoms with van der Waals surface area (Å²) >= 11 is 0. The summed E-state index contributed by atoms with van der Waals surface area (Å²) in [5.41, 5.74) is 2.10. The van der Waals surface area contributed by atoms with Gasteiger partial charge in [-0.25, -0.2) is 8.42 Å². The van der Waals surface area contributed by atoms with Crippen LogP contribution in [0.1, 0.15) is 29.8 Å². The maximum atomic E-state index is 12.9. The summed E-state index contributed by atoms with van der Waals surface area (Å²) in [5.74, 6) is -0.767. The molecular weight excluding hydrogens is 432 g/mol. The monoisotopic (exact) mass is 458 g/mol. The van der Waals surface area contributed by atoms with Gasteiger partial charge in [0.1, 0.15) is 0 Å². The third kappa shape index (κ3) is 5.32. The van der Waals surface area contributed by atoms with Gasteiger partial charge < -0.3 is 15.5 Å². The van der Waals surface area contributed by atoms with Crippen LogP contribution in [-0.4, -0.2) is 61.5 Å². The molecule has 2 aromatic rings. The average Bonchev–Trinajstić information content (AvgIpc) is 2.75. The molecule has 32 heavy (non-hydrogen) atoms. The predicted molar refractivity (Wildman–Crippen MR) is 121 cm³/mol. The van der Waals surface area contributed by atoms with Gasteiger partial charge in [-0.15, -0.1) is 0 Å². The van der Waals surface area contributed by atoms with Gasteiger partial charge in [-0.1, -0.05) is 6.07 Å². The topological polar surface area (TPSA) is 116 Å². The van der Waals surface area contributed by atoms with E-state index in [1.165, 1.54) is 42.4 Å². The third-order valence-corrected chi connectivity index (χ3v) is 7.09. The molecule has 0 aromatic heterocycles. The maximum Gasteiger partial charge on any atom is 0.255 e. The number of rotatable bonds is 5. The zero-order valence-electron chi connectivity index (χ0n) is 18.2. The summed E-state index contributed by atoms with van der Waals surface area (Å²) in [5, 5.41) is 5.43. The fourth-order valence-electron chi connectivity index (χ4n) is 3.43. The van der Waals surface area contributed by atoms with Crippen LogP contribution in [0.25, 0.3) is 0 Å². The van der Waals surface area contributed by atoms with E-state index in [9.17, 15) is 22.8 Å². The van der Waals surface area contributed by atoms with Crippen molar-refractivity contribution in [3.8, 4) is 0 Å². The first-order valence-corrected chi connectivity index (χ1v) is 11.6. The number of piperazine rings is 1. The molecular formula is C22H26N4O5S. The molecule has 2 N–H and O–H groups in total. The molecule has 0 aliphatic carbocycles. The molecule has 0 saturated carbocycles. The highest BCUT2D eigenvalue weighted by atomic mass is 32.2. The Bertz CT molecular complexity index is 1140. The van der Waals surface area contributed by atoms with Crippen molar-refractivity contribution in [3.05, 3.63) is 53.6 Å². The third-order valence-electron chi connectivity index (χ3n) is 5.17. The number of nitrogens with one attached hydrogen (secondary N) is 2. The first kappa shape index (κ1) is 23.4. The minimum absolute atomic E-state index is 0.0762. The Morgan fingerprint density at radius 3 is 2.03 bits per heavy atom. The first-order chi connectivity index (χ1) is 15.1. The zero-order valence-corrected chi connectivity index (χ0v) is 19.0. The molecule has 1 fully saturated rings. The van der Waals surface area contributed by atoms with E-state index in [1.54, 1.807) is 17.0 Å². The standard InChI is InChI=1S/C22H26N4O5S/c1-15-4-9-20(23-16(2)27)21(14-15)24-22(29)18-5-7-19(8-6-18)32(30,31)26-12-10-25(11-13-26)17(3)28/h4-9,14H,10-13H2,1-3H3,(H,23,27)(H,24,29). The normalized spacial score (nSPS) is 14.7. The Kier molecular flexibility index (Phi) is 6.95. The summed E-state index contributed by atoms with van der Waals surface area (Å²) in [4.78, 5) is 37.3. The van der Waals surface area contributed by atoms with Crippen molar-refractivity contribution >= 4 is 39.1 Å². The van der Waals surface area contributed by atoms with E-state index < -0.39 is 15.9 Å². The Hall–Kier alpha value is -3.24. The van der Waals surface area contributed by atoms with Gasteiger partial charge in [-0.3, -0.25) is 14.4 Å². The van der Waals surface area contributed by atoms with Crippen LogP contribution < -0.4 is 10.6 Å². The molecule has 0 spiro atoms. The molecule has 3 rings (SSSR count). The van der Waals surface area contributed by atoms with Crippen LogP contribution >= 0.6 is 0 Å². The smallest absolute Gasteiger partial charge is 0.255 e. The summed E-state index contributed by atoms with van der Waals surface area (Å²) in [7, 11) is -3.72. The number of anilines is 2. The van der Waals surface area contributed by atoms with Crippen molar-refractivity contribution in [2.45, 2.75) is 25.7 Å². The molecule has 1 aliphatic rings. The number of amides is 3. The number of hydrogen-bond acceptors (Lipinski definition) is 5. The molecule has 170 valence electrons. The van der Waals surface area contributed by atoms with Crippen molar-refractivity contribution in [2.24, 2.45) is 0 Å². The quantitative estimate of drug-likeness (QED) is 0.712. The number of carbonyl (C=O) groups excluding carboxylic acids is 3. The van der Waals surface area contributed by atoms with Gasteiger partial charge in [0.2, 0.25) is 21.8 Å². The number of sulfonamides is 1.